The monoisotopic (exact) mass is 329 g/mol. The van der Waals surface area contributed by atoms with Crippen LogP contribution in [0.3, 0.4) is 0 Å². The van der Waals surface area contributed by atoms with Crippen LogP contribution in [0, 0.1) is 13.8 Å². The van der Waals surface area contributed by atoms with E-state index in [1.807, 2.05) is 25.8 Å². The van der Waals surface area contributed by atoms with Crippen molar-refractivity contribution in [2.75, 3.05) is 18.9 Å². The lowest BCUT2D eigenvalue weighted by atomic mass is 10.1. The lowest BCUT2D eigenvalue weighted by molar-refractivity contribution is -0.132. The summed E-state index contributed by atoms with van der Waals surface area (Å²) in [6.45, 7) is 4.57. The standard InChI is InChI=1S/C17H23N5O2/c1-11-13(12(2)24-21-11)6-7-17(23)22-8-4-5-15(22)14-9-19-10-16(18-3)20-14/h9-10,15H,4-8H2,1-3H3,(H,18,20). The number of carbonyl (C=O) groups excluding carboxylic acids is 1. The van der Waals surface area contributed by atoms with Gasteiger partial charge in [-0.1, -0.05) is 5.16 Å². The van der Waals surface area contributed by atoms with Gasteiger partial charge in [-0.3, -0.25) is 9.78 Å². The summed E-state index contributed by atoms with van der Waals surface area (Å²) in [4.78, 5) is 23.4. The fourth-order valence-electron chi connectivity index (χ4n) is 3.27. The van der Waals surface area contributed by atoms with Crippen LogP contribution in [-0.2, 0) is 11.2 Å². The van der Waals surface area contributed by atoms with Gasteiger partial charge < -0.3 is 14.7 Å². The summed E-state index contributed by atoms with van der Waals surface area (Å²) in [5.74, 6) is 1.67. The molecule has 0 radical (unpaired) electrons. The Labute approximate surface area is 141 Å². The predicted molar refractivity (Wildman–Crippen MR) is 89.6 cm³/mol. The van der Waals surface area contributed by atoms with Crippen LogP contribution in [0.5, 0.6) is 0 Å². The Hall–Kier alpha value is -2.44. The number of hydrogen-bond acceptors (Lipinski definition) is 6. The number of anilines is 1. The minimum atomic E-state index is 0.0166. The highest BCUT2D eigenvalue weighted by atomic mass is 16.5. The van der Waals surface area contributed by atoms with Crippen molar-refractivity contribution in [2.45, 2.75) is 45.6 Å². The third kappa shape index (κ3) is 3.25. The van der Waals surface area contributed by atoms with Crippen LogP contribution < -0.4 is 5.32 Å². The van der Waals surface area contributed by atoms with Crippen molar-refractivity contribution in [3.05, 3.63) is 35.1 Å². The molecule has 3 heterocycles. The van der Waals surface area contributed by atoms with Crippen molar-refractivity contribution in [3.63, 3.8) is 0 Å². The second-order valence-electron chi connectivity index (χ2n) is 6.13. The summed E-state index contributed by atoms with van der Waals surface area (Å²) >= 11 is 0. The van der Waals surface area contributed by atoms with E-state index in [0.29, 0.717) is 12.8 Å². The van der Waals surface area contributed by atoms with E-state index in [1.54, 1.807) is 12.4 Å². The number of aromatic nitrogens is 3. The molecule has 2 aromatic heterocycles. The summed E-state index contributed by atoms with van der Waals surface area (Å²) in [5.41, 5.74) is 2.76. The van der Waals surface area contributed by atoms with Crippen LogP contribution >= 0.6 is 0 Å². The van der Waals surface area contributed by atoms with Gasteiger partial charge in [-0.25, -0.2) is 4.98 Å². The summed E-state index contributed by atoms with van der Waals surface area (Å²) in [6, 6.07) is 0.0166. The van der Waals surface area contributed by atoms with E-state index in [4.69, 9.17) is 4.52 Å². The van der Waals surface area contributed by atoms with Crippen LogP contribution in [0.15, 0.2) is 16.9 Å². The van der Waals surface area contributed by atoms with Crippen LogP contribution in [0.25, 0.3) is 0 Å². The highest BCUT2D eigenvalue weighted by Gasteiger charge is 2.31. The lowest BCUT2D eigenvalue weighted by Crippen LogP contribution is -2.31. The van der Waals surface area contributed by atoms with Gasteiger partial charge in [-0.05, 0) is 33.1 Å². The Balaban J connectivity index is 1.69. The summed E-state index contributed by atoms with van der Waals surface area (Å²) < 4.78 is 5.17. The van der Waals surface area contributed by atoms with E-state index < -0.39 is 0 Å². The molecule has 1 unspecified atom stereocenters. The number of aryl methyl sites for hydroxylation is 2. The van der Waals surface area contributed by atoms with E-state index in [-0.39, 0.29) is 11.9 Å². The average Bonchev–Trinajstić information content (AvgIpc) is 3.20. The largest absolute Gasteiger partial charge is 0.372 e. The molecule has 0 bridgehead atoms. The smallest absolute Gasteiger partial charge is 0.223 e. The first-order valence-electron chi connectivity index (χ1n) is 8.31. The van der Waals surface area contributed by atoms with Crippen LogP contribution in [0.4, 0.5) is 5.82 Å². The molecule has 1 atom stereocenters. The molecule has 1 aliphatic rings. The molecule has 7 nitrogen and oxygen atoms in total. The number of amides is 1. The van der Waals surface area contributed by atoms with Crippen molar-refractivity contribution in [1.82, 2.24) is 20.0 Å². The second-order valence-corrected chi connectivity index (χ2v) is 6.13. The Kier molecular flexibility index (Phi) is 4.78. The number of rotatable bonds is 5. The number of carbonyl (C=O) groups is 1. The molecule has 2 aromatic rings. The molecule has 7 heteroatoms. The minimum absolute atomic E-state index is 0.0166. The first-order valence-corrected chi connectivity index (χ1v) is 8.31. The van der Waals surface area contributed by atoms with Gasteiger partial charge in [-0.15, -0.1) is 0 Å². The number of likely N-dealkylation sites (tertiary alicyclic amines) is 1. The first-order chi connectivity index (χ1) is 11.6. The summed E-state index contributed by atoms with van der Waals surface area (Å²) in [6.07, 6.45) is 6.48. The number of hydrogen-bond donors (Lipinski definition) is 1. The summed E-state index contributed by atoms with van der Waals surface area (Å²) in [7, 11) is 1.81. The molecule has 1 fully saturated rings. The zero-order valence-corrected chi connectivity index (χ0v) is 14.4. The molecule has 0 saturated carbocycles. The molecule has 0 spiro atoms. The predicted octanol–water partition coefficient (Wildman–Crippen LogP) is 2.42. The Morgan fingerprint density at radius 2 is 2.25 bits per heavy atom. The topological polar surface area (TPSA) is 84.2 Å². The van der Waals surface area contributed by atoms with Crippen molar-refractivity contribution in [2.24, 2.45) is 0 Å². The molecule has 24 heavy (non-hydrogen) atoms. The third-order valence-electron chi connectivity index (χ3n) is 4.59. The van der Waals surface area contributed by atoms with E-state index in [1.165, 1.54) is 0 Å². The first kappa shape index (κ1) is 16.4. The minimum Gasteiger partial charge on any atom is -0.372 e. The second kappa shape index (κ2) is 6.98. The number of nitrogens with one attached hydrogen (secondary N) is 1. The summed E-state index contributed by atoms with van der Waals surface area (Å²) in [5, 5.41) is 6.94. The molecule has 1 aliphatic heterocycles. The van der Waals surface area contributed by atoms with Gasteiger partial charge >= 0.3 is 0 Å². The molecule has 1 saturated heterocycles. The molecule has 128 valence electrons. The highest BCUT2D eigenvalue weighted by molar-refractivity contribution is 5.77. The normalized spacial score (nSPS) is 17.3. The molecule has 3 rings (SSSR count). The fraction of sp³-hybridized carbons (Fsp3) is 0.529. The van der Waals surface area contributed by atoms with Crippen LogP contribution in [-0.4, -0.2) is 39.5 Å². The van der Waals surface area contributed by atoms with E-state index in [2.05, 4.69) is 20.4 Å². The highest BCUT2D eigenvalue weighted by Crippen LogP contribution is 2.31. The van der Waals surface area contributed by atoms with Gasteiger partial charge in [0.25, 0.3) is 0 Å². The van der Waals surface area contributed by atoms with Crippen molar-refractivity contribution in [1.29, 1.82) is 0 Å². The number of nitrogens with zero attached hydrogens (tertiary/aromatic N) is 4. The maximum atomic E-state index is 12.7. The molecule has 1 amide bonds. The average molecular weight is 329 g/mol. The molecular weight excluding hydrogens is 306 g/mol. The molecule has 1 N–H and O–H groups in total. The Morgan fingerprint density at radius 1 is 1.42 bits per heavy atom. The molecule has 0 aromatic carbocycles. The van der Waals surface area contributed by atoms with Crippen molar-refractivity contribution < 1.29 is 9.32 Å². The lowest BCUT2D eigenvalue weighted by Gasteiger charge is -2.24. The SMILES string of the molecule is CNc1cncc(C2CCCN2C(=O)CCc2c(C)noc2C)n1. The van der Waals surface area contributed by atoms with E-state index in [0.717, 1.165) is 47.9 Å². The van der Waals surface area contributed by atoms with Gasteiger partial charge in [0.15, 0.2) is 0 Å². The zero-order chi connectivity index (χ0) is 17.1. The Morgan fingerprint density at radius 3 is 2.96 bits per heavy atom. The van der Waals surface area contributed by atoms with Gasteiger partial charge in [0.2, 0.25) is 5.91 Å². The fourth-order valence-corrected chi connectivity index (χ4v) is 3.27. The van der Waals surface area contributed by atoms with Gasteiger partial charge in [0.1, 0.15) is 11.6 Å². The third-order valence-corrected chi connectivity index (χ3v) is 4.59. The maximum Gasteiger partial charge on any atom is 0.223 e. The van der Waals surface area contributed by atoms with E-state index >= 15 is 0 Å². The molecular formula is C17H23N5O2. The van der Waals surface area contributed by atoms with Gasteiger partial charge in [0.05, 0.1) is 29.8 Å². The van der Waals surface area contributed by atoms with Gasteiger partial charge in [-0.2, -0.15) is 0 Å². The van der Waals surface area contributed by atoms with Crippen LogP contribution in [0.1, 0.15) is 48.0 Å². The quantitative estimate of drug-likeness (QED) is 0.907. The van der Waals surface area contributed by atoms with Crippen LogP contribution in [0.2, 0.25) is 0 Å². The Bertz CT molecular complexity index is 708. The van der Waals surface area contributed by atoms with Gasteiger partial charge in [0, 0.05) is 25.6 Å². The van der Waals surface area contributed by atoms with E-state index in [9.17, 15) is 4.79 Å². The van der Waals surface area contributed by atoms with Crippen molar-refractivity contribution in [3.8, 4) is 0 Å². The maximum absolute atomic E-state index is 12.7. The molecule has 0 aliphatic carbocycles. The van der Waals surface area contributed by atoms with Crippen molar-refractivity contribution >= 4 is 11.7 Å². The zero-order valence-electron chi connectivity index (χ0n) is 14.4.